The van der Waals surface area contributed by atoms with Crippen LogP contribution in [0.5, 0.6) is 0 Å². The van der Waals surface area contributed by atoms with Crippen LogP contribution in [0, 0.1) is 11.6 Å². The minimum absolute atomic E-state index is 0.00739. The van der Waals surface area contributed by atoms with E-state index in [1.54, 1.807) is 19.1 Å². The van der Waals surface area contributed by atoms with Crippen molar-refractivity contribution in [2.75, 3.05) is 11.5 Å². The number of benzene rings is 3. The average molecular weight is 498 g/mol. The topological polar surface area (TPSA) is 90.2 Å². The Morgan fingerprint density at radius 1 is 0.886 bits per heavy atom. The van der Waals surface area contributed by atoms with Gasteiger partial charge in [-0.3, -0.25) is 13.9 Å². The molecule has 1 aliphatic rings. The number of amides is 1. The van der Waals surface area contributed by atoms with E-state index in [1.165, 1.54) is 63.7 Å². The van der Waals surface area contributed by atoms with Crippen LogP contribution in [0.1, 0.15) is 23.7 Å². The van der Waals surface area contributed by atoms with Gasteiger partial charge in [0.05, 0.1) is 39.5 Å². The van der Waals surface area contributed by atoms with Gasteiger partial charge < -0.3 is 5.32 Å². The van der Waals surface area contributed by atoms with Crippen LogP contribution in [-0.2, 0) is 9.84 Å². The van der Waals surface area contributed by atoms with Gasteiger partial charge >= 0.3 is 5.69 Å². The van der Waals surface area contributed by atoms with Crippen LogP contribution >= 0.6 is 0 Å². The molecule has 1 amide bonds. The highest BCUT2D eigenvalue weighted by Crippen LogP contribution is 2.26. The van der Waals surface area contributed by atoms with Gasteiger partial charge in [-0.2, -0.15) is 0 Å². The van der Waals surface area contributed by atoms with Crippen molar-refractivity contribution in [3.63, 3.8) is 0 Å². The first-order valence-corrected chi connectivity index (χ1v) is 12.7. The summed E-state index contributed by atoms with van der Waals surface area (Å²) in [6, 6.07) is 15.4. The zero-order valence-electron chi connectivity index (χ0n) is 18.7. The Morgan fingerprint density at radius 2 is 1.43 bits per heavy atom. The Balaban J connectivity index is 1.65. The number of aromatic nitrogens is 2. The molecule has 1 N–H and O–H groups in total. The molecule has 1 aromatic heterocycles. The maximum Gasteiger partial charge on any atom is 0.338 e. The van der Waals surface area contributed by atoms with E-state index in [2.05, 4.69) is 5.32 Å². The van der Waals surface area contributed by atoms with Crippen LogP contribution in [0.3, 0.4) is 0 Å². The zero-order valence-corrected chi connectivity index (χ0v) is 19.5. The second kappa shape index (κ2) is 8.16. The smallest absolute Gasteiger partial charge is 0.338 e. The molecule has 4 aromatic rings. The number of imidazole rings is 1. The molecule has 0 radical (unpaired) electrons. The average Bonchev–Trinajstić information content (AvgIpc) is 3.25. The number of carbonyl (C=O) groups is 1. The molecule has 1 atom stereocenters. The Bertz CT molecular complexity index is 1620. The lowest BCUT2D eigenvalue weighted by molar-refractivity contribution is 0.0915. The van der Waals surface area contributed by atoms with Crippen molar-refractivity contribution < 1.29 is 22.0 Å². The molecule has 0 unspecified atom stereocenters. The van der Waals surface area contributed by atoms with Gasteiger partial charge in [0.15, 0.2) is 9.84 Å². The lowest BCUT2D eigenvalue weighted by atomic mass is 10.0. The number of nitrogens with zero attached hydrogens (tertiary/aromatic N) is 2. The monoisotopic (exact) mass is 497 g/mol. The molecule has 0 saturated carbocycles. The molecular weight excluding hydrogens is 476 g/mol. The van der Waals surface area contributed by atoms with Crippen LogP contribution in [-0.4, -0.2) is 40.5 Å². The second-order valence-electron chi connectivity index (χ2n) is 8.97. The zero-order chi connectivity index (χ0) is 25.0. The molecule has 7 nitrogen and oxygen atoms in total. The molecule has 2 heterocycles. The Morgan fingerprint density at radius 3 is 1.94 bits per heavy atom. The van der Waals surface area contributed by atoms with Gasteiger partial charge in [-0.15, -0.1) is 0 Å². The van der Waals surface area contributed by atoms with E-state index >= 15 is 0 Å². The first-order chi connectivity index (χ1) is 16.6. The highest BCUT2D eigenvalue weighted by Gasteiger charge is 2.39. The Hall–Kier alpha value is -3.79. The molecule has 180 valence electrons. The minimum atomic E-state index is -3.22. The summed E-state index contributed by atoms with van der Waals surface area (Å²) in [5, 5.41) is 2.81. The predicted molar refractivity (Wildman–Crippen MR) is 128 cm³/mol. The van der Waals surface area contributed by atoms with E-state index in [0.717, 1.165) is 0 Å². The summed E-state index contributed by atoms with van der Waals surface area (Å²) >= 11 is 0. The van der Waals surface area contributed by atoms with Crippen LogP contribution in [0.2, 0.25) is 0 Å². The van der Waals surface area contributed by atoms with Gasteiger partial charge in [-0.05, 0) is 80.1 Å². The van der Waals surface area contributed by atoms with Crippen molar-refractivity contribution in [1.29, 1.82) is 0 Å². The minimum Gasteiger partial charge on any atom is -0.346 e. The van der Waals surface area contributed by atoms with E-state index in [9.17, 15) is 26.8 Å². The Kier molecular flexibility index (Phi) is 5.36. The number of halogens is 2. The number of rotatable bonds is 4. The van der Waals surface area contributed by atoms with Gasteiger partial charge in [0, 0.05) is 5.56 Å². The molecule has 10 heteroatoms. The van der Waals surface area contributed by atoms with Gasteiger partial charge in [0.1, 0.15) is 11.6 Å². The normalized spacial score (nSPS) is 19.2. The molecule has 0 aliphatic carbocycles. The molecule has 0 spiro atoms. The van der Waals surface area contributed by atoms with Crippen molar-refractivity contribution in [2.24, 2.45) is 0 Å². The highest BCUT2D eigenvalue weighted by atomic mass is 32.2. The van der Waals surface area contributed by atoms with E-state index in [1.807, 2.05) is 0 Å². The van der Waals surface area contributed by atoms with Crippen molar-refractivity contribution >= 4 is 26.8 Å². The van der Waals surface area contributed by atoms with Crippen molar-refractivity contribution in [1.82, 2.24) is 14.5 Å². The van der Waals surface area contributed by atoms with Crippen LogP contribution < -0.4 is 11.0 Å². The number of nitrogens with one attached hydrogen (secondary N) is 1. The lowest BCUT2D eigenvalue weighted by Crippen LogP contribution is -2.46. The first kappa shape index (κ1) is 23.0. The van der Waals surface area contributed by atoms with Gasteiger partial charge in [-0.1, -0.05) is 0 Å². The van der Waals surface area contributed by atoms with Gasteiger partial charge in [0.2, 0.25) is 0 Å². The van der Waals surface area contributed by atoms with Crippen LogP contribution in [0.4, 0.5) is 8.78 Å². The summed E-state index contributed by atoms with van der Waals surface area (Å²) in [7, 11) is -3.22. The molecule has 1 aliphatic heterocycles. The number of hydrogen-bond acceptors (Lipinski definition) is 4. The molecule has 1 saturated heterocycles. The maximum atomic E-state index is 13.6. The number of hydrogen-bond donors (Lipinski definition) is 1. The number of sulfone groups is 1. The lowest BCUT2D eigenvalue weighted by Gasteiger charge is -2.23. The fraction of sp³-hybridized carbons (Fsp3) is 0.200. The molecule has 0 bridgehead atoms. The fourth-order valence-corrected chi connectivity index (χ4v) is 6.57. The maximum absolute atomic E-state index is 13.6. The second-order valence-corrected chi connectivity index (χ2v) is 11.2. The van der Waals surface area contributed by atoms with Crippen LogP contribution in [0.25, 0.3) is 22.4 Å². The van der Waals surface area contributed by atoms with Crippen molar-refractivity contribution in [3.8, 4) is 11.4 Å². The van der Waals surface area contributed by atoms with E-state index in [0.29, 0.717) is 28.8 Å². The van der Waals surface area contributed by atoms with Gasteiger partial charge in [0.25, 0.3) is 5.91 Å². The van der Waals surface area contributed by atoms with E-state index < -0.39 is 38.6 Å². The third kappa shape index (κ3) is 4.25. The van der Waals surface area contributed by atoms with Crippen molar-refractivity contribution in [2.45, 2.75) is 18.9 Å². The predicted octanol–water partition coefficient (Wildman–Crippen LogP) is 3.37. The molecule has 35 heavy (non-hydrogen) atoms. The quantitative estimate of drug-likeness (QED) is 0.468. The first-order valence-electron chi connectivity index (χ1n) is 10.9. The summed E-state index contributed by atoms with van der Waals surface area (Å²) < 4.78 is 53.6. The number of fused-ring (bicyclic) bond motifs is 1. The number of carbonyl (C=O) groups excluding carboxylic acids is 1. The third-order valence-corrected chi connectivity index (χ3v) is 8.09. The van der Waals surface area contributed by atoms with Gasteiger partial charge in [-0.25, -0.2) is 22.0 Å². The molecule has 5 rings (SSSR count). The van der Waals surface area contributed by atoms with E-state index in [4.69, 9.17) is 0 Å². The summed E-state index contributed by atoms with van der Waals surface area (Å²) in [5.74, 6) is -1.53. The molecule has 1 fully saturated rings. The Labute approximate surface area is 199 Å². The van der Waals surface area contributed by atoms with Crippen molar-refractivity contribution in [3.05, 3.63) is 94.4 Å². The standard InChI is InChI=1S/C25H21F2N3O4S/c1-25(12-13-35(33,34)15-25)28-23(31)16-2-11-21-22(14-16)30(20-9-5-18(27)6-10-20)24(32)29(21)19-7-3-17(26)4-8-19/h2-11,14H,12-13,15H2,1H3,(H,28,31)/t25-/m1/s1. The summed E-state index contributed by atoms with van der Waals surface area (Å²) in [5.41, 5.74) is 0.498. The summed E-state index contributed by atoms with van der Waals surface area (Å²) in [6.07, 6.45) is 0.310. The third-order valence-electron chi connectivity index (χ3n) is 6.19. The summed E-state index contributed by atoms with van der Waals surface area (Å²) in [4.78, 5) is 26.6. The van der Waals surface area contributed by atoms with Crippen LogP contribution in [0.15, 0.2) is 71.5 Å². The van der Waals surface area contributed by atoms with E-state index in [-0.39, 0.29) is 17.1 Å². The fourth-order valence-electron chi connectivity index (χ4n) is 4.47. The largest absolute Gasteiger partial charge is 0.346 e. The SMILES string of the molecule is C[C@@]1(NC(=O)c2ccc3c(c2)n(-c2ccc(F)cc2)c(=O)n3-c2ccc(F)cc2)CCS(=O)(=O)C1. The molecular formula is C25H21F2N3O4S. The summed E-state index contributed by atoms with van der Waals surface area (Å²) in [6.45, 7) is 1.69. The molecule has 3 aromatic carbocycles. The highest BCUT2D eigenvalue weighted by molar-refractivity contribution is 7.91.